The lowest BCUT2D eigenvalue weighted by Gasteiger charge is -2.21. The molecular weight excluding hydrogens is 303 g/mol. The van der Waals surface area contributed by atoms with E-state index >= 15 is 0 Å². The topological polar surface area (TPSA) is 35.2 Å². The van der Waals surface area contributed by atoms with Gasteiger partial charge in [0.25, 0.3) is 0 Å². The fourth-order valence-corrected chi connectivity index (χ4v) is 2.17. The number of halogens is 3. The van der Waals surface area contributed by atoms with Crippen LogP contribution in [0.4, 0.5) is 18.9 Å². The molecule has 0 atom stereocenters. The van der Waals surface area contributed by atoms with Crippen LogP contribution in [0.5, 0.6) is 11.5 Å². The first-order valence-electron chi connectivity index (χ1n) is 7.24. The van der Waals surface area contributed by atoms with Crippen LogP contribution in [0.15, 0.2) is 36.4 Å². The van der Waals surface area contributed by atoms with E-state index in [1.54, 1.807) is 0 Å². The molecule has 124 valence electrons. The van der Waals surface area contributed by atoms with Crippen molar-refractivity contribution in [2.45, 2.75) is 39.3 Å². The molecule has 0 aliphatic heterocycles. The predicted molar refractivity (Wildman–Crippen MR) is 85.8 cm³/mol. The molecule has 23 heavy (non-hydrogen) atoms. The predicted octanol–water partition coefficient (Wildman–Crippen LogP) is 5.69. The van der Waals surface area contributed by atoms with E-state index in [1.807, 2.05) is 25.1 Å². The summed E-state index contributed by atoms with van der Waals surface area (Å²) in [6.45, 7) is 8.22. The molecule has 0 unspecified atom stereocenters. The highest BCUT2D eigenvalue weighted by Gasteiger charge is 2.31. The Morgan fingerprint density at radius 1 is 0.870 bits per heavy atom. The van der Waals surface area contributed by atoms with Gasteiger partial charge in [-0.2, -0.15) is 13.2 Å². The molecule has 0 aliphatic carbocycles. The third-order valence-electron chi connectivity index (χ3n) is 3.60. The molecule has 0 amide bonds. The maximum absolute atomic E-state index is 12.7. The molecule has 2 rings (SSSR count). The first kappa shape index (κ1) is 17.2. The third kappa shape index (κ3) is 3.97. The van der Waals surface area contributed by atoms with Gasteiger partial charge in [0.2, 0.25) is 0 Å². The lowest BCUT2D eigenvalue weighted by atomic mass is 9.86. The van der Waals surface area contributed by atoms with E-state index in [4.69, 9.17) is 10.5 Å². The number of rotatable bonds is 2. The van der Waals surface area contributed by atoms with E-state index in [2.05, 4.69) is 20.8 Å². The Labute approximate surface area is 134 Å². The number of nitrogen functional groups attached to an aromatic ring is 1. The van der Waals surface area contributed by atoms with E-state index in [-0.39, 0.29) is 16.9 Å². The zero-order valence-electron chi connectivity index (χ0n) is 13.6. The highest BCUT2D eigenvalue weighted by molar-refractivity contribution is 5.57. The molecule has 0 aromatic heterocycles. The minimum atomic E-state index is -4.42. The van der Waals surface area contributed by atoms with Gasteiger partial charge in [-0.25, -0.2) is 0 Å². The van der Waals surface area contributed by atoms with E-state index in [0.29, 0.717) is 5.75 Å². The fourth-order valence-electron chi connectivity index (χ4n) is 2.17. The number of anilines is 1. The van der Waals surface area contributed by atoms with E-state index in [9.17, 15) is 13.2 Å². The largest absolute Gasteiger partial charge is 0.455 e. The maximum Gasteiger partial charge on any atom is 0.416 e. The SMILES string of the molecule is Cc1cc(C(C)(C)C)ccc1Oc1ccc(C(F)(F)F)cc1N. The second kappa shape index (κ2) is 5.80. The number of aryl methyl sites for hydroxylation is 1. The average molecular weight is 323 g/mol. The van der Waals surface area contributed by atoms with Crippen molar-refractivity contribution >= 4 is 5.69 Å². The van der Waals surface area contributed by atoms with Crippen molar-refractivity contribution in [1.29, 1.82) is 0 Å². The minimum absolute atomic E-state index is 0.0106. The summed E-state index contributed by atoms with van der Waals surface area (Å²) in [6.07, 6.45) is -4.42. The zero-order valence-corrected chi connectivity index (χ0v) is 13.6. The van der Waals surface area contributed by atoms with Crippen molar-refractivity contribution < 1.29 is 17.9 Å². The maximum atomic E-state index is 12.7. The van der Waals surface area contributed by atoms with Gasteiger partial charge in [0, 0.05) is 0 Å². The summed E-state index contributed by atoms with van der Waals surface area (Å²) in [4.78, 5) is 0. The van der Waals surface area contributed by atoms with Crippen LogP contribution in [0.25, 0.3) is 0 Å². The van der Waals surface area contributed by atoms with Gasteiger partial charge in [-0.3, -0.25) is 0 Å². The Kier molecular flexibility index (Phi) is 4.33. The summed E-state index contributed by atoms with van der Waals surface area (Å²) in [7, 11) is 0. The molecule has 0 saturated carbocycles. The average Bonchev–Trinajstić information content (AvgIpc) is 2.40. The van der Waals surface area contributed by atoms with Crippen molar-refractivity contribution in [2.24, 2.45) is 0 Å². The summed E-state index contributed by atoms with van der Waals surface area (Å²) >= 11 is 0. The molecule has 2 aromatic carbocycles. The van der Waals surface area contributed by atoms with Crippen LogP contribution in [0.1, 0.15) is 37.5 Å². The van der Waals surface area contributed by atoms with Crippen LogP contribution in [0.2, 0.25) is 0 Å². The monoisotopic (exact) mass is 323 g/mol. The lowest BCUT2D eigenvalue weighted by molar-refractivity contribution is -0.137. The summed E-state index contributed by atoms with van der Waals surface area (Å²) in [5, 5.41) is 0. The first-order chi connectivity index (χ1) is 10.5. The summed E-state index contributed by atoms with van der Waals surface area (Å²) < 4.78 is 43.6. The lowest BCUT2D eigenvalue weighted by Crippen LogP contribution is -2.11. The van der Waals surface area contributed by atoms with Gasteiger partial charge in [0.1, 0.15) is 11.5 Å². The Morgan fingerprint density at radius 3 is 1.91 bits per heavy atom. The van der Waals surface area contributed by atoms with Crippen molar-refractivity contribution in [3.05, 3.63) is 53.1 Å². The molecule has 0 fully saturated rings. The van der Waals surface area contributed by atoms with E-state index < -0.39 is 11.7 Å². The van der Waals surface area contributed by atoms with Crippen molar-refractivity contribution in [1.82, 2.24) is 0 Å². The summed E-state index contributed by atoms with van der Waals surface area (Å²) in [5.41, 5.74) is 6.92. The van der Waals surface area contributed by atoms with Crippen LogP contribution in [-0.2, 0) is 11.6 Å². The Morgan fingerprint density at radius 2 is 1.43 bits per heavy atom. The molecular formula is C18H20F3NO. The smallest absolute Gasteiger partial charge is 0.416 e. The molecule has 0 spiro atoms. The van der Waals surface area contributed by atoms with Crippen LogP contribution in [0.3, 0.4) is 0 Å². The van der Waals surface area contributed by atoms with Gasteiger partial charge in [0.05, 0.1) is 11.3 Å². The normalized spacial score (nSPS) is 12.3. The molecule has 2 N–H and O–H groups in total. The number of alkyl halides is 3. The van der Waals surface area contributed by atoms with Gasteiger partial charge in [0.15, 0.2) is 0 Å². The quantitative estimate of drug-likeness (QED) is 0.721. The molecule has 0 bridgehead atoms. The molecule has 2 nitrogen and oxygen atoms in total. The van der Waals surface area contributed by atoms with Crippen LogP contribution in [-0.4, -0.2) is 0 Å². The minimum Gasteiger partial charge on any atom is -0.455 e. The Bertz CT molecular complexity index is 654. The highest BCUT2D eigenvalue weighted by atomic mass is 19.4. The zero-order chi connectivity index (χ0) is 17.4. The molecule has 0 radical (unpaired) electrons. The number of hydrogen-bond acceptors (Lipinski definition) is 2. The summed E-state index contributed by atoms with van der Waals surface area (Å²) in [6, 6.07) is 8.86. The van der Waals surface area contributed by atoms with Gasteiger partial charge in [-0.1, -0.05) is 32.9 Å². The molecule has 0 aliphatic rings. The highest BCUT2D eigenvalue weighted by Crippen LogP contribution is 2.36. The Balaban J connectivity index is 2.30. The fraction of sp³-hybridized carbons (Fsp3) is 0.333. The van der Waals surface area contributed by atoms with Gasteiger partial charge in [-0.15, -0.1) is 0 Å². The molecule has 2 aromatic rings. The standard InChI is InChI=1S/C18H20F3NO/c1-11-9-12(17(2,3)4)5-7-15(11)23-16-8-6-13(10-14(16)22)18(19,20)21/h5-10H,22H2,1-4H3. The van der Waals surface area contributed by atoms with Crippen molar-refractivity contribution in [3.63, 3.8) is 0 Å². The first-order valence-corrected chi connectivity index (χ1v) is 7.24. The third-order valence-corrected chi connectivity index (χ3v) is 3.60. The number of hydrogen-bond donors (Lipinski definition) is 1. The van der Waals surface area contributed by atoms with Crippen LogP contribution >= 0.6 is 0 Å². The number of benzene rings is 2. The Hall–Kier alpha value is -2.17. The molecule has 0 heterocycles. The van der Waals surface area contributed by atoms with Gasteiger partial charge in [-0.05, 0) is 47.7 Å². The van der Waals surface area contributed by atoms with Gasteiger partial charge < -0.3 is 10.5 Å². The second-order valence-electron chi connectivity index (χ2n) is 6.58. The van der Waals surface area contributed by atoms with Crippen LogP contribution < -0.4 is 10.5 Å². The number of ether oxygens (including phenoxy) is 1. The number of nitrogens with two attached hydrogens (primary N) is 1. The second-order valence-corrected chi connectivity index (χ2v) is 6.58. The van der Waals surface area contributed by atoms with Crippen molar-refractivity contribution in [2.75, 3.05) is 5.73 Å². The molecule has 5 heteroatoms. The van der Waals surface area contributed by atoms with Crippen molar-refractivity contribution in [3.8, 4) is 11.5 Å². The van der Waals surface area contributed by atoms with Crippen LogP contribution in [0, 0.1) is 6.92 Å². The van der Waals surface area contributed by atoms with E-state index in [0.717, 1.165) is 23.3 Å². The summed E-state index contributed by atoms with van der Waals surface area (Å²) in [5.74, 6) is 0.786. The molecule has 0 saturated heterocycles. The van der Waals surface area contributed by atoms with Gasteiger partial charge >= 0.3 is 6.18 Å². The van der Waals surface area contributed by atoms with E-state index in [1.165, 1.54) is 6.07 Å².